The van der Waals surface area contributed by atoms with Gasteiger partial charge < -0.3 is 19.9 Å². The maximum atomic E-state index is 12.6. The normalized spacial score (nSPS) is 16.1. The zero-order chi connectivity index (χ0) is 21.1. The van der Waals surface area contributed by atoms with Gasteiger partial charge in [-0.3, -0.25) is 19.1 Å². The molecule has 0 bridgehead atoms. The average molecular weight is 428 g/mol. The topological polar surface area (TPSA) is 92.2 Å². The zero-order valence-electron chi connectivity index (χ0n) is 16.5. The maximum absolute atomic E-state index is 12.6. The number of pyridine rings is 3. The molecule has 30 heavy (non-hydrogen) atoms. The van der Waals surface area contributed by atoms with Crippen molar-refractivity contribution in [2.24, 2.45) is 0 Å². The molecular formula is C21H22ClN5O3. The van der Waals surface area contributed by atoms with Crippen molar-refractivity contribution < 1.29 is 4.74 Å². The molecule has 2 N–H and O–H groups in total. The van der Waals surface area contributed by atoms with Gasteiger partial charge in [0.1, 0.15) is 23.9 Å². The molecule has 0 aromatic carbocycles. The van der Waals surface area contributed by atoms with Crippen LogP contribution in [0.15, 0.2) is 58.4 Å². The van der Waals surface area contributed by atoms with Gasteiger partial charge in [0.2, 0.25) is 0 Å². The largest absolute Gasteiger partial charge is 0.487 e. The highest BCUT2D eigenvalue weighted by Crippen LogP contribution is 2.18. The van der Waals surface area contributed by atoms with Crippen molar-refractivity contribution in [2.75, 3.05) is 25.0 Å². The summed E-state index contributed by atoms with van der Waals surface area (Å²) in [7, 11) is 1.94. The Morgan fingerprint density at radius 1 is 1.27 bits per heavy atom. The molecule has 1 unspecified atom stereocenters. The SMILES string of the molecule is CNC1CCN(c2ccc(-n3ccc(OCc4ccc(Cl)cn4)cc3=O)c(=O)[nH]2)C1. The van der Waals surface area contributed by atoms with Crippen molar-refractivity contribution in [3.63, 3.8) is 0 Å². The van der Waals surface area contributed by atoms with E-state index in [1.807, 2.05) is 13.1 Å². The summed E-state index contributed by atoms with van der Waals surface area (Å²) in [6.45, 7) is 1.91. The van der Waals surface area contributed by atoms with Crippen molar-refractivity contribution in [1.82, 2.24) is 19.9 Å². The van der Waals surface area contributed by atoms with E-state index >= 15 is 0 Å². The van der Waals surface area contributed by atoms with Gasteiger partial charge in [0, 0.05) is 37.6 Å². The van der Waals surface area contributed by atoms with E-state index in [0.717, 1.165) is 25.3 Å². The average Bonchev–Trinajstić information content (AvgIpc) is 3.23. The third-order valence-electron chi connectivity index (χ3n) is 5.14. The number of nitrogens with one attached hydrogen (secondary N) is 2. The first-order chi connectivity index (χ1) is 14.5. The highest BCUT2D eigenvalue weighted by Gasteiger charge is 2.22. The van der Waals surface area contributed by atoms with E-state index in [9.17, 15) is 9.59 Å². The maximum Gasteiger partial charge on any atom is 0.273 e. The van der Waals surface area contributed by atoms with Gasteiger partial charge in [-0.1, -0.05) is 11.6 Å². The minimum Gasteiger partial charge on any atom is -0.487 e. The Kier molecular flexibility index (Phi) is 5.87. The van der Waals surface area contributed by atoms with Crippen molar-refractivity contribution in [2.45, 2.75) is 19.1 Å². The van der Waals surface area contributed by atoms with Crippen LogP contribution in [0.25, 0.3) is 5.69 Å². The smallest absolute Gasteiger partial charge is 0.273 e. The first-order valence-electron chi connectivity index (χ1n) is 9.65. The molecule has 0 spiro atoms. The number of hydrogen-bond acceptors (Lipinski definition) is 6. The molecule has 1 aliphatic heterocycles. The summed E-state index contributed by atoms with van der Waals surface area (Å²) >= 11 is 5.82. The minimum absolute atomic E-state index is 0.208. The molecule has 156 valence electrons. The van der Waals surface area contributed by atoms with Crippen LogP contribution in [0.5, 0.6) is 5.75 Å². The third-order valence-corrected chi connectivity index (χ3v) is 5.36. The van der Waals surface area contributed by atoms with Gasteiger partial charge in [0.15, 0.2) is 0 Å². The Labute approximate surface area is 178 Å². The summed E-state index contributed by atoms with van der Waals surface area (Å²) < 4.78 is 6.93. The predicted molar refractivity (Wildman–Crippen MR) is 116 cm³/mol. The molecule has 0 radical (unpaired) electrons. The zero-order valence-corrected chi connectivity index (χ0v) is 17.2. The highest BCUT2D eigenvalue weighted by molar-refractivity contribution is 6.30. The van der Waals surface area contributed by atoms with Gasteiger partial charge in [-0.25, -0.2) is 0 Å². The number of anilines is 1. The standard InChI is InChI=1S/C21H22ClN5O3/c1-23-15-6-8-26(12-15)19-5-4-18(21(29)25-19)27-9-7-17(10-20(27)28)30-13-16-3-2-14(22)11-24-16/h2-5,7,9-11,15,23H,6,8,12-13H2,1H3,(H,25,29). The van der Waals surface area contributed by atoms with Gasteiger partial charge in [0.05, 0.1) is 10.7 Å². The number of aromatic nitrogens is 3. The van der Waals surface area contributed by atoms with E-state index in [1.54, 1.807) is 24.3 Å². The first-order valence-corrected chi connectivity index (χ1v) is 10.0. The Bertz CT molecular complexity index is 1140. The molecule has 8 nitrogen and oxygen atoms in total. The van der Waals surface area contributed by atoms with E-state index < -0.39 is 0 Å². The summed E-state index contributed by atoms with van der Waals surface area (Å²) in [5.41, 5.74) is 0.282. The first kappa shape index (κ1) is 20.2. The number of aromatic amines is 1. The van der Waals surface area contributed by atoms with Crippen molar-refractivity contribution in [3.8, 4) is 11.4 Å². The lowest BCUT2D eigenvalue weighted by molar-refractivity contribution is 0.300. The Morgan fingerprint density at radius 3 is 2.80 bits per heavy atom. The second-order valence-corrected chi connectivity index (χ2v) is 7.54. The Balaban J connectivity index is 1.49. The molecular weight excluding hydrogens is 406 g/mol. The van der Waals surface area contributed by atoms with E-state index in [4.69, 9.17) is 16.3 Å². The molecule has 1 aliphatic rings. The number of nitrogens with zero attached hydrogens (tertiary/aromatic N) is 3. The second kappa shape index (κ2) is 8.73. The fraction of sp³-hybridized carbons (Fsp3) is 0.286. The van der Waals surface area contributed by atoms with Crippen LogP contribution < -0.4 is 26.1 Å². The molecule has 9 heteroatoms. The summed E-state index contributed by atoms with van der Waals surface area (Å²) in [5, 5.41) is 3.80. The molecule has 3 aromatic heterocycles. The molecule has 0 amide bonds. The molecule has 4 rings (SSSR count). The molecule has 0 saturated carbocycles. The van der Waals surface area contributed by atoms with Crippen LogP contribution in [0.3, 0.4) is 0 Å². The number of likely N-dealkylation sites (N-methyl/N-ethyl adjacent to an activating group) is 1. The van der Waals surface area contributed by atoms with Gasteiger partial charge in [-0.05, 0) is 43.8 Å². The minimum atomic E-state index is -0.355. The van der Waals surface area contributed by atoms with E-state index in [0.29, 0.717) is 22.5 Å². The fourth-order valence-electron chi connectivity index (χ4n) is 3.44. The van der Waals surface area contributed by atoms with Crippen LogP contribution in [0.1, 0.15) is 12.1 Å². The van der Waals surface area contributed by atoms with Crippen LogP contribution in [0, 0.1) is 0 Å². The van der Waals surface area contributed by atoms with E-state index in [2.05, 4.69) is 20.2 Å². The van der Waals surface area contributed by atoms with Gasteiger partial charge in [-0.15, -0.1) is 0 Å². The Morgan fingerprint density at radius 2 is 2.13 bits per heavy atom. The van der Waals surface area contributed by atoms with Crippen molar-refractivity contribution in [1.29, 1.82) is 0 Å². The lowest BCUT2D eigenvalue weighted by atomic mass is 10.3. The Hall–Kier alpha value is -3.10. The van der Waals surface area contributed by atoms with Crippen LogP contribution in [0.2, 0.25) is 5.02 Å². The second-order valence-electron chi connectivity index (χ2n) is 7.11. The highest BCUT2D eigenvalue weighted by atomic mass is 35.5. The summed E-state index contributed by atoms with van der Waals surface area (Å²) in [5.74, 6) is 1.15. The van der Waals surface area contributed by atoms with Crippen LogP contribution in [-0.4, -0.2) is 40.7 Å². The third kappa shape index (κ3) is 4.39. The summed E-state index contributed by atoms with van der Waals surface area (Å²) in [4.78, 5) is 34.3. The number of H-pyrrole nitrogens is 1. The molecule has 3 aromatic rings. The number of rotatable bonds is 6. The van der Waals surface area contributed by atoms with Gasteiger partial charge in [-0.2, -0.15) is 0 Å². The molecule has 0 aliphatic carbocycles. The van der Waals surface area contributed by atoms with E-state index in [-0.39, 0.29) is 23.4 Å². The molecule has 1 fully saturated rings. The van der Waals surface area contributed by atoms with E-state index in [1.165, 1.54) is 23.0 Å². The predicted octanol–water partition coefficient (Wildman–Crippen LogP) is 1.95. The van der Waals surface area contributed by atoms with Crippen LogP contribution in [0.4, 0.5) is 5.82 Å². The lowest BCUT2D eigenvalue weighted by Gasteiger charge is -2.18. The van der Waals surface area contributed by atoms with Gasteiger partial charge in [0.25, 0.3) is 11.1 Å². The number of hydrogen-bond donors (Lipinski definition) is 2. The summed E-state index contributed by atoms with van der Waals surface area (Å²) in [6.07, 6.45) is 4.09. The van der Waals surface area contributed by atoms with Gasteiger partial charge >= 0.3 is 0 Å². The molecule has 4 heterocycles. The van der Waals surface area contributed by atoms with Crippen molar-refractivity contribution in [3.05, 3.63) is 80.2 Å². The monoisotopic (exact) mass is 427 g/mol. The van der Waals surface area contributed by atoms with Crippen LogP contribution in [-0.2, 0) is 6.61 Å². The number of ether oxygens (including phenoxy) is 1. The quantitative estimate of drug-likeness (QED) is 0.624. The molecule has 1 saturated heterocycles. The lowest BCUT2D eigenvalue weighted by Crippen LogP contribution is -2.31. The van der Waals surface area contributed by atoms with Crippen LogP contribution >= 0.6 is 11.6 Å². The fourth-order valence-corrected chi connectivity index (χ4v) is 3.55. The van der Waals surface area contributed by atoms with Crippen molar-refractivity contribution >= 4 is 17.4 Å². The summed E-state index contributed by atoms with van der Waals surface area (Å²) in [6, 6.07) is 10.4. The molecule has 1 atom stereocenters. The number of halogens is 1.